The molecule has 0 amide bonds. The van der Waals surface area contributed by atoms with Crippen molar-refractivity contribution in [3.05, 3.63) is 75.7 Å². The van der Waals surface area contributed by atoms with Crippen molar-refractivity contribution in [1.29, 1.82) is 0 Å². The molecule has 2 aliphatic carbocycles. The van der Waals surface area contributed by atoms with E-state index in [-0.39, 0.29) is 29.9 Å². The van der Waals surface area contributed by atoms with E-state index in [4.69, 9.17) is 4.52 Å². The standard InChI is InChI=1S/C22H18F2N6O2/c1-10-3-4-12(18(24)17(10)23)11-5-13-14(6-11)16(13)20-27-15(32-28-20)7-30-9-26-21-19(22(30)31)29(2)8-25-21/h3-5,8-9,13-14,16H,6-7H2,1-2H3. The molecule has 3 atom stereocenters. The van der Waals surface area contributed by atoms with Gasteiger partial charge in [0, 0.05) is 18.5 Å². The summed E-state index contributed by atoms with van der Waals surface area (Å²) < 4.78 is 36.7. The van der Waals surface area contributed by atoms with E-state index in [0.29, 0.717) is 40.4 Å². The van der Waals surface area contributed by atoms with Gasteiger partial charge in [-0.25, -0.2) is 18.7 Å². The monoisotopic (exact) mass is 436 g/mol. The van der Waals surface area contributed by atoms with E-state index in [1.165, 1.54) is 10.9 Å². The molecule has 2 aliphatic rings. The minimum Gasteiger partial charge on any atom is -0.337 e. The van der Waals surface area contributed by atoms with Crippen LogP contribution >= 0.6 is 0 Å². The van der Waals surface area contributed by atoms with Crippen molar-refractivity contribution in [3.8, 4) is 0 Å². The Kier molecular flexibility index (Phi) is 3.96. The SMILES string of the molecule is Cc1ccc(C2=CC3C(C2)C3c2noc(Cn3cnc4ncn(C)c4c3=O)n2)c(F)c1F. The quantitative estimate of drug-likeness (QED) is 0.489. The number of fused-ring (bicyclic) bond motifs is 2. The summed E-state index contributed by atoms with van der Waals surface area (Å²) in [6.07, 6.45) is 5.58. The summed E-state index contributed by atoms with van der Waals surface area (Å²) in [5.74, 6) is -0.194. The normalized spacial score (nSPS) is 21.8. The van der Waals surface area contributed by atoms with Gasteiger partial charge in [0.25, 0.3) is 5.56 Å². The fourth-order valence-electron chi connectivity index (χ4n) is 4.70. The Balaban J connectivity index is 1.21. The average molecular weight is 436 g/mol. The molecule has 4 aromatic rings. The summed E-state index contributed by atoms with van der Waals surface area (Å²) in [6, 6.07) is 3.23. The van der Waals surface area contributed by atoms with Gasteiger partial charge in [0.15, 0.2) is 28.6 Å². The Bertz CT molecular complexity index is 1480. The van der Waals surface area contributed by atoms with Crippen molar-refractivity contribution in [2.24, 2.45) is 18.9 Å². The van der Waals surface area contributed by atoms with Crippen LogP contribution in [0.3, 0.4) is 0 Å². The van der Waals surface area contributed by atoms with E-state index in [0.717, 1.165) is 5.57 Å². The number of benzene rings is 1. The molecule has 3 unspecified atom stereocenters. The molecule has 0 spiro atoms. The van der Waals surface area contributed by atoms with Gasteiger partial charge in [-0.3, -0.25) is 9.36 Å². The first-order valence-corrected chi connectivity index (χ1v) is 10.3. The minimum atomic E-state index is -0.794. The molecule has 1 aromatic carbocycles. The molecule has 10 heteroatoms. The molecule has 0 saturated heterocycles. The number of aryl methyl sites for hydroxylation is 2. The van der Waals surface area contributed by atoms with Crippen LogP contribution in [0.5, 0.6) is 0 Å². The summed E-state index contributed by atoms with van der Waals surface area (Å²) in [5.41, 5.74) is 1.99. The Morgan fingerprint density at radius 3 is 2.78 bits per heavy atom. The minimum absolute atomic E-state index is 0.0870. The number of halogens is 2. The summed E-state index contributed by atoms with van der Waals surface area (Å²) in [4.78, 5) is 25.4. The summed E-state index contributed by atoms with van der Waals surface area (Å²) in [5, 5.41) is 4.09. The first kappa shape index (κ1) is 19.0. The zero-order chi connectivity index (χ0) is 22.1. The average Bonchev–Trinajstić information content (AvgIpc) is 3.19. The molecule has 0 N–H and O–H groups in total. The lowest BCUT2D eigenvalue weighted by Crippen LogP contribution is -2.22. The van der Waals surface area contributed by atoms with Crippen LogP contribution < -0.4 is 5.56 Å². The van der Waals surface area contributed by atoms with Gasteiger partial charge >= 0.3 is 0 Å². The molecule has 6 rings (SSSR count). The third-order valence-corrected chi connectivity index (χ3v) is 6.49. The first-order chi connectivity index (χ1) is 15.4. The van der Waals surface area contributed by atoms with Crippen LogP contribution in [-0.4, -0.2) is 29.2 Å². The Hall–Kier alpha value is -3.69. The molecule has 1 saturated carbocycles. The van der Waals surface area contributed by atoms with Gasteiger partial charge in [-0.1, -0.05) is 23.4 Å². The van der Waals surface area contributed by atoms with Crippen LogP contribution in [-0.2, 0) is 13.6 Å². The van der Waals surface area contributed by atoms with Gasteiger partial charge in [-0.15, -0.1) is 0 Å². The van der Waals surface area contributed by atoms with Crippen LogP contribution in [0.15, 0.2) is 40.2 Å². The number of rotatable bonds is 4. The number of hydrogen-bond donors (Lipinski definition) is 0. The Labute approximate surface area is 180 Å². The van der Waals surface area contributed by atoms with E-state index in [1.54, 1.807) is 37.0 Å². The number of nitrogens with zero attached hydrogens (tertiary/aromatic N) is 6. The maximum atomic E-state index is 14.3. The second-order valence-corrected chi connectivity index (χ2v) is 8.47. The van der Waals surface area contributed by atoms with Crippen molar-refractivity contribution >= 4 is 16.7 Å². The van der Waals surface area contributed by atoms with Crippen molar-refractivity contribution in [2.45, 2.75) is 25.8 Å². The van der Waals surface area contributed by atoms with E-state index in [1.807, 2.05) is 6.08 Å². The van der Waals surface area contributed by atoms with E-state index >= 15 is 0 Å². The van der Waals surface area contributed by atoms with Crippen LogP contribution in [0, 0.1) is 30.4 Å². The number of hydrogen-bond acceptors (Lipinski definition) is 6. The van der Waals surface area contributed by atoms with Crippen LogP contribution in [0.4, 0.5) is 8.78 Å². The summed E-state index contributed by atoms with van der Waals surface area (Å²) in [7, 11) is 1.73. The predicted octanol–water partition coefficient (Wildman–Crippen LogP) is 2.96. The molecule has 0 bridgehead atoms. The molecular formula is C22H18F2N6O2. The zero-order valence-electron chi connectivity index (χ0n) is 17.3. The zero-order valence-corrected chi connectivity index (χ0v) is 17.3. The molecule has 1 fully saturated rings. The molecule has 8 nitrogen and oxygen atoms in total. The van der Waals surface area contributed by atoms with Gasteiger partial charge < -0.3 is 9.09 Å². The lowest BCUT2D eigenvalue weighted by atomic mass is 9.99. The van der Waals surface area contributed by atoms with Gasteiger partial charge in [0.1, 0.15) is 12.9 Å². The molecule has 162 valence electrons. The fraction of sp³-hybridized carbons (Fsp3) is 0.318. The van der Waals surface area contributed by atoms with Crippen molar-refractivity contribution < 1.29 is 13.3 Å². The number of allylic oxidation sites excluding steroid dienone is 2. The molecule has 3 aromatic heterocycles. The van der Waals surface area contributed by atoms with Gasteiger partial charge in [-0.2, -0.15) is 4.98 Å². The van der Waals surface area contributed by atoms with Crippen molar-refractivity contribution in [3.63, 3.8) is 0 Å². The first-order valence-electron chi connectivity index (χ1n) is 10.3. The number of imidazole rings is 1. The van der Waals surface area contributed by atoms with Crippen LogP contribution in [0.25, 0.3) is 16.7 Å². The highest BCUT2D eigenvalue weighted by Crippen LogP contribution is 2.62. The predicted molar refractivity (Wildman–Crippen MR) is 110 cm³/mol. The molecule has 0 radical (unpaired) electrons. The number of aromatic nitrogens is 6. The van der Waals surface area contributed by atoms with Gasteiger partial charge in [0.05, 0.1) is 6.33 Å². The van der Waals surface area contributed by atoms with Gasteiger partial charge in [0.2, 0.25) is 5.89 Å². The fourth-order valence-corrected chi connectivity index (χ4v) is 4.70. The van der Waals surface area contributed by atoms with Crippen LogP contribution in [0.1, 0.15) is 35.2 Å². The lowest BCUT2D eigenvalue weighted by molar-refractivity contribution is 0.364. The van der Waals surface area contributed by atoms with E-state index in [2.05, 4.69) is 20.1 Å². The summed E-state index contributed by atoms with van der Waals surface area (Å²) >= 11 is 0. The molecule has 32 heavy (non-hydrogen) atoms. The van der Waals surface area contributed by atoms with E-state index in [9.17, 15) is 13.6 Å². The molecular weight excluding hydrogens is 418 g/mol. The highest BCUT2D eigenvalue weighted by atomic mass is 19.2. The third kappa shape index (κ3) is 2.75. The maximum absolute atomic E-state index is 14.3. The Morgan fingerprint density at radius 1 is 1.19 bits per heavy atom. The maximum Gasteiger partial charge on any atom is 0.280 e. The highest BCUT2D eigenvalue weighted by Gasteiger charge is 2.55. The topological polar surface area (TPSA) is 91.6 Å². The van der Waals surface area contributed by atoms with Crippen molar-refractivity contribution in [2.75, 3.05) is 0 Å². The van der Waals surface area contributed by atoms with Gasteiger partial charge in [-0.05, 0) is 36.3 Å². The van der Waals surface area contributed by atoms with E-state index < -0.39 is 11.6 Å². The lowest BCUT2D eigenvalue weighted by Gasteiger charge is -2.09. The summed E-state index contributed by atoms with van der Waals surface area (Å²) in [6.45, 7) is 1.66. The smallest absolute Gasteiger partial charge is 0.280 e. The molecule has 3 heterocycles. The molecule has 0 aliphatic heterocycles. The van der Waals surface area contributed by atoms with Crippen molar-refractivity contribution in [1.82, 2.24) is 29.2 Å². The second kappa shape index (κ2) is 6.65. The highest BCUT2D eigenvalue weighted by molar-refractivity contribution is 5.71. The largest absolute Gasteiger partial charge is 0.337 e. The third-order valence-electron chi connectivity index (χ3n) is 6.49. The second-order valence-electron chi connectivity index (χ2n) is 8.47. The Morgan fingerprint density at radius 2 is 2.00 bits per heavy atom. The van der Waals surface area contributed by atoms with Crippen LogP contribution in [0.2, 0.25) is 0 Å².